The molecule has 0 amide bonds. The predicted octanol–water partition coefficient (Wildman–Crippen LogP) is 3.80. The van der Waals surface area contributed by atoms with Gasteiger partial charge in [-0.1, -0.05) is 33.8 Å². The fourth-order valence-corrected chi connectivity index (χ4v) is 3.31. The molecule has 0 radical (unpaired) electrons. The van der Waals surface area contributed by atoms with Gasteiger partial charge in [-0.05, 0) is 56.9 Å². The van der Waals surface area contributed by atoms with Crippen molar-refractivity contribution in [3.05, 3.63) is 28.2 Å². The highest BCUT2D eigenvalue weighted by atomic mass is 79.9. The lowest BCUT2D eigenvalue weighted by atomic mass is 10.0. The zero-order valence-corrected chi connectivity index (χ0v) is 13.3. The zero-order valence-electron chi connectivity index (χ0n) is 11.7. The maximum absolute atomic E-state index is 5.78. The topological polar surface area (TPSA) is 38.0 Å². The van der Waals surface area contributed by atoms with Gasteiger partial charge in [-0.2, -0.15) is 0 Å². The number of anilines is 1. The van der Waals surface area contributed by atoms with E-state index in [2.05, 4.69) is 61.1 Å². The summed E-state index contributed by atoms with van der Waals surface area (Å²) in [5, 5.41) is 3.56. The summed E-state index contributed by atoms with van der Waals surface area (Å²) in [4.78, 5) is 0. The summed E-state index contributed by atoms with van der Waals surface area (Å²) >= 11 is 3.46. The van der Waals surface area contributed by atoms with E-state index in [0.29, 0.717) is 10.8 Å². The minimum atomic E-state index is 0.460. The fraction of sp³-hybridized carbons (Fsp3) is 0.600. The summed E-state index contributed by atoms with van der Waals surface area (Å²) in [5.41, 5.74) is 8.76. The van der Waals surface area contributed by atoms with Crippen LogP contribution in [0, 0.1) is 16.7 Å². The van der Waals surface area contributed by atoms with Crippen LogP contribution in [-0.2, 0) is 6.54 Å². The smallest absolute Gasteiger partial charge is 0.0458 e. The van der Waals surface area contributed by atoms with Crippen LogP contribution in [0.25, 0.3) is 0 Å². The largest absolute Gasteiger partial charge is 0.398 e. The maximum atomic E-state index is 5.78. The molecule has 1 aliphatic carbocycles. The Labute approximate surface area is 118 Å². The first kappa shape index (κ1) is 13.9. The van der Waals surface area contributed by atoms with E-state index in [4.69, 9.17) is 5.73 Å². The van der Waals surface area contributed by atoms with Crippen molar-refractivity contribution in [1.29, 1.82) is 0 Å². The molecular formula is C15H23BrN2. The van der Waals surface area contributed by atoms with Gasteiger partial charge in [-0.15, -0.1) is 0 Å². The molecule has 0 atom stereocenters. The number of halogens is 1. The standard InChI is InChI=1S/C15H23BrN2/c1-14(2)13(15(14,3)4)9-18-8-10-5-6-12(17)11(16)7-10/h5-7,13,18H,8-9,17H2,1-4H3. The molecule has 100 valence electrons. The lowest BCUT2D eigenvalue weighted by molar-refractivity contribution is 0.457. The molecule has 0 saturated heterocycles. The summed E-state index contributed by atoms with van der Waals surface area (Å²) in [7, 11) is 0. The van der Waals surface area contributed by atoms with Crippen molar-refractivity contribution in [2.24, 2.45) is 16.7 Å². The molecule has 0 aromatic heterocycles. The molecule has 0 aliphatic heterocycles. The van der Waals surface area contributed by atoms with Crippen molar-refractivity contribution in [3.8, 4) is 0 Å². The van der Waals surface area contributed by atoms with Crippen LogP contribution in [-0.4, -0.2) is 6.54 Å². The van der Waals surface area contributed by atoms with Gasteiger partial charge in [0.1, 0.15) is 0 Å². The Hall–Kier alpha value is -0.540. The Morgan fingerprint density at radius 3 is 2.33 bits per heavy atom. The van der Waals surface area contributed by atoms with Crippen LogP contribution in [0.3, 0.4) is 0 Å². The van der Waals surface area contributed by atoms with E-state index in [-0.39, 0.29) is 0 Å². The number of hydrogen-bond donors (Lipinski definition) is 2. The van der Waals surface area contributed by atoms with Crippen molar-refractivity contribution >= 4 is 21.6 Å². The lowest BCUT2D eigenvalue weighted by Gasteiger charge is -2.07. The second-order valence-corrected chi connectivity index (χ2v) is 7.34. The minimum absolute atomic E-state index is 0.460. The number of nitrogens with two attached hydrogens (primary N) is 1. The fourth-order valence-electron chi connectivity index (χ4n) is 2.88. The van der Waals surface area contributed by atoms with Gasteiger partial charge >= 0.3 is 0 Å². The van der Waals surface area contributed by atoms with Crippen LogP contribution in [0.1, 0.15) is 33.3 Å². The quantitative estimate of drug-likeness (QED) is 0.830. The van der Waals surface area contributed by atoms with E-state index >= 15 is 0 Å². The number of nitrogens with one attached hydrogen (secondary N) is 1. The van der Waals surface area contributed by atoms with Gasteiger partial charge in [0.2, 0.25) is 0 Å². The second-order valence-electron chi connectivity index (χ2n) is 6.48. The van der Waals surface area contributed by atoms with Gasteiger partial charge in [0, 0.05) is 16.7 Å². The van der Waals surface area contributed by atoms with Crippen LogP contribution < -0.4 is 11.1 Å². The minimum Gasteiger partial charge on any atom is -0.398 e. The van der Waals surface area contributed by atoms with E-state index in [0.717, 1.165) is 29.2 Å². The molecule has 3 heteroatoms. The van der Waals surface area contributed by atoms with Crippen LogP contribution in [0.2, 0.25) is 0 Å². The molecule has 18 heavy (non-hydrogen) atoms. The lowest BCUT2D eigenvalue weighted by Crippen LogP contribution is -2.18. The zero-order chi connectivity index (χ0) is 13.6. The third-order valence-corrected chi connectivity index (χ3v) is 5.75. The van der Waals surface area contributed by atoms with Crippen LogP contribution in [0.15, 0.2) is 22.7 Å². The van der Waals surface area contributed by atoms with Gasteiger partial charge in [0.05, 0.1) is 0 Å². The average molecular weight is 311 g/mol. The molecule has 2 rings (SSSR count). The molecule has 2 nitrogen and oxygen atoms in total. The highest BCUT2D eigenvalue weighted by Gasteiger charge is 2.63. The first-order chi connectivity index (χ1) is 8.26. The van der Waals surface area contributed by atoms with Gasteiger partial charge in [-0.25, -0.2) is 0 Å². The molecule has 0 spiro atoms. The summed E-state index contributed by atoms with van der Waals surface area (Å²) in [6.45, 7) is 11.4. The monoisotopic (exact) mass is 310 g/mol. The van der Waals surface area contributed by atoms with Crippen LogP contribution in [0.4, 0.5) is 5.69 Å². The Bertz CT molecular complexity index is 438. The first-order valence-electron chi connectivity index (χ1n) is 6.51. The van der Waals surface area contributed by atoms with E-state index in [9.17, 15) is 0 Å². The Balaban J connectivity index is 1.85. The summed E-state index contributed by atoms with van der Waals surface area (Å²) < 4.78 is 0.980. The number of rotatable bonds is 4. The average Bonchev–Trinajstić information content (AvgIpc) is 2.65. The van der Waals surface area contributed by atoms with Crippen molar-refractivity contribution < 1.29 is 0 Å². The summed E-state index contributed by atoms with van der Waals surface area (Å²) in [5.74, 6) is 0.766. The predicted molar refractivity (Wildman–Crippen MR) is 81.3 cm³/mol. The normalized spacial score (nSPS) is 20.9. The van der Waals surface area contributed by atoms with Crippen molar-refractivity contribution in [2.45, 2.75) is 34.2 Å². The summed E-state index contributed by atoms with van der Waals surface area (Å²) in [6, 6.07) is 6.12. The third-order valence-electron chi connectivity index (χ3n) is 5.06. The SMILES string of the molecule is CC1(C)C(CNCc2ccc(N)c(Br)c2)C1(C)C. The first-order valence-corrected chi connectivity index (χ1v) is 7.30. The molecule has 1 aliphatic rings. The van der Waals surface area contributed by atoms with E-state index < -0.39 is 0 Å². The molecule has 1 aromatic carbocycles. The Kier molecular flexibility index (Phi) is 3.50. The van der Waals surface area contributed by atoms with Crippen molar-refractivity contribution in [3.63, 3.8) is 0 Å². The molecular weight excluding hydrogens is 288 g/mol. The number of hydrogen-bond acceptors (Lipinski definition) is 2. The van der Waals surface area contributed by atoms with E-state index in [1.54, 1.807) is 0 Å². The van der Waals surface area contributed by atoms with E-state index in [1.807, 2.05) is 6.07 Å². The molecule has 3 N–H and O–H groups in total. The second kappa shape index (κ2) is 4.53. The number of nitrogen functional groups attached to an aromatic ring is 1. The van der Waals surface area contributed by atoms with Gasteiger partial charge in [-0.3, -0.25) is 0 Å². The Morgan fingerprint density at radius 1 is 1.22 bits per heavy atom. The highest BCUT2D eigenvalue weighted by molar-refractivity contribution is 9.10. The molecule has 1 saturated carbocycles. The van der Waals surface area contributed by atoms with Gasteiger partial charge < -0.3 is 11.1 Å². The summed E-state index contributed by atoms with van der Waals surface area (Å²) in [6.07, 6.45) is 0. The molecule has 0 bridgehead atoms. The molecule has 0 heterocycles. The molecule has 1 aromatic rings. The van der Waals surface area contributed by atoms with Crippen LogP contribution in [0.5, 0.6) is 0 Å². The van der Waals surface area contributed by atoms with Crippen LogP contribution >= 0.6 is 15.9 Å². The van der Waals surface area contributed by atoms with Crippen molar-refractivity contribution in [2.75, 3.05) is 12.3 Å². The van der Waals surface area contributed by atoms with Gasteiger partial charge in [0.15, 0.2) is 0 Å². The number of benzene rings is 1. The van der Waals surface area contributed by atoms with Crippen molar-refractivity contribution in [1.82, 2.24) is 5.32 Å². The Morgan fingerprint density at radius 2 is 1.83 bits per heavy atom. The molecule has 0 unspecified atom stereocenters. The van der Waals surface area contributed by atoms with E-state index in [1.165, 1.54) is 5.56 Å². The third kappa shape index (κ3) is 2.30. The molecule has 1 fully saturated rings. The highest BCUT2D eigenvalue weighted by Crippen LogP contribution is 2.67. The van der Waals surface area contributed by atoms with Gasteiger partial charge in [0.25, 0.3) is 0 Å². The maximum Gasteiger partial charge on any atom is 0.0458 e.